The lowest BCUT2D eigenvalue weighted by atomic mass is 9.92. The second kappa shape index (κ2) is 8.85. The number of hydrogen-bond acceptors (Lipinski definition) is 6. The number of hydrogen-bond donors (Lipinski definition) is 1. The fourth-order valence-electron chi connectivity index (χ4n) is 5.72. The van der Waals surface area contributed by atoms with E-state index < -0.39 is 5.82 Å². The van der Waals surface area contributed by atoms with Gasteiger partial charge in [0.2, 0.25) is 0 Å². The van der Waals surface area contributed by atoms with E-state index in [1.807, 2.05) is 0 Å². The van der Waals surface area contributed by atoms with Crippen molar-refractivity contribution < 1.29 is 9.13 Å². The summed E-state index contributed by atoms with van der Waals surface area (Å²) in [7, 11) is 2.16. The molecule has 3 saturated heterocycles. The quantitative estimate of drug-likeness (QED) is 0.548. The van der Waals surface area contributed by atoms with Crippen LogP contribution in [-0.2, 0) is 0 Å². The zero-order valence-electron chi connectivity index (χ0n) is 18.6. The van der Waals surface area contributed by atoms with Gasteiger partial charge in [0.25, 0.3) is 0 Å². The molecule has 0 radical (unpaired) electrons. The Morgan fingerprint density at radius 1 is 1.31 bits per heavy atom. The van der Waals surface area contributed by atoms with Gasteiger partial charge in [-0.1, -0.05) is 24.9 Å². The third-order valence-electron chi connectivity index (χ3n) is 7.43. The summed E-state index contributed by atoms with van der Waals surface area (Å²) in [6, 6.07) is 2.86. The van der Waals surface area contributed by atoms with Crippen molar-refractivity contribution in [1.82, 2.24) is 20.2 Å². The van der Waals surface area contributed by atoms with Gasteiger partial charge in [-0.2, -0.15) is 9.97 Å². The minimum Gasteiger partial charge on any atom is -0.461 e. The molecular formula is C23H30BrClFN5O. The number of rotatable bonds is 6. The summed E-state index contributed by atoms with van der Waals surface area (Å²) in [5.74, 6) is 0.237. The largest absolute Gasteiger partial charge is 0.461 e. The number of benzene rings is 1. The van der Waals surface area contributed by atoms with E-state index in [0.717, 1.165) is 58.2 Å². The highest BCUT2D eigenvalue weighted by molar-refractivity contribution is 9.10. The van der Waals surface area contributed by atoms with Crippen molar-refractivity contribution in [2.75, 3.05) is 38.2 Å². The van der Waals surface area contributed by atoms with Crippen LogP contribution in [0.3, 0.4) is 0 Å². The molecule has 4 heterocycles. The second-order valence-corrected chi connectivity index (χ2v) is 10.7. The number of piperazine rings is 1. The molecule has 1 aromatic carbocycles. The van der Waals surface area contributed by atoms with E-state index in [1.165, 1.54) is 0 Å². The van der Waals surface area contributed by atoms with Gasteiger partial charge in [0.15, 0.2) is 5.82 Å². The maximum Gasteiger partial charge on any atom is 0.319 e. The molecule has 9 heteroatoms. The normalized spacial score (nSPS) is 28.1. The monoisotopic (exact) mass is 525 g/mol. The zero-order chi connectivity index (χ0) is 22.5. The number of fused-ring (bicyclic) bond motifs is 3. The van der Waals surface area contributed by atoms with E-state index >= 15 is 4.39 Å². The van der Waals surface area contributed by atoms with Crippen LogP contribution in [0.4, 0.5) is 10.2 Å². The number of nitrogens with zero attached hydrogens (tertiary/aromatic N) is 4. The summed E-state index contributed by atoms with van der Waals surface area (Å²) in [5, 5.41) is 4.59. The predicted molar refractivity (Wildman–Crippen MR) is 129 cm³/mol. The van der Waals surface area contributed by atoms with Gasteiger partial charge in [-0.05, 0) is 67.7 Å². The van der Waals surface area contributed by atoms with Crippen LogP contribution in [0.1, 0.15) is 45.4 Å². The molecule has 3 aliphatic rings. The van der Waals surface area contributed by atoms with Crippen molar-refractivity contribution in [3.8, 4) is 6.01 Å². The molecule has 3 unspecified atom stereocenters. The third-order valence-corrected chi connectivity index (χ3v) is 8.73. The highest BCUT2D eigenvalue weighted by atomic mass is 79.9. The van der Waals surface area contributed by atoms with Crippen LogP contribution in [0.15, 0.2) is 10.5 Å². The molecule has 0 amide bonds. The molecule has 2 bridgehead atoms. The van der Waals surface area contributed by atoms with Crippen LogP contribution in [0.5, 0.6) is 6.01 Å². The average Bonchev–Trinajstić information content (AvgIpc) is 3.31. The number of ether oxygens (including phenoxy) is 1. The Balaban J connectivity index is 1.53. The SMILES string of the molecule is CCCC1(COc2nc(N3CC4CCC(C3)N4)c3cc(Cl)c(Br)c(F)c3n2)CCCN1C. The first-order chi connectivity index (χ1) is 15.4. The first-order valence-electron chi connectivity index (χ1n) is 11.6. The number of likely N-dealkylation sites (N-methyl/N-ethyl adjacent to an activating group) is 1. The van der Waals surface area contributed by atoms with Crippen molar-refractivity contribution in [3.63, 3.8) is 0 Å². The molecule has 1 aromatic heterocycles. The first-order valence-corrected chi connectivity index (χ1v) is 12.8. The summed E-state index contributed by atoms with van der Waals surface area (Å²) in [6.07, 6.45) is 6.70. The minimum absolute atomic E-state index is 0.0134. The molecule has 174 valence electrons. The van der Waals surface area contributed by atoms with Gasteiger partial charge in [0, 0.05) is 30.6 Å². The van der Waals surface area contributed by atoms with E-state index in [4.69, 9.17) is 21.3 Å². The summed E-state index contributed by atoms with van der Waals surface area (Å²) in [4.78, 5) is 14.0. The van der Waals surface area contributed by atoms with Gasteiger partial charge < -0.3 is 15.0 Å². The van der Waals surface area contributed by atoms with Crippen molar-refractivity contribution in [1.29, 1.82) is 0 Å². The number of anilines is 1. The lowest BCUT2D eigenvalue weighted by Crippen LogP contribution is -2.51. The molecule has 3 fully saturated rings. The summed E-state index contributed by atoms with van der Waals surface area (Å²) in [5.41, 5.74) is 0.233. The van der Waals surface area contributed by atoms with Crippen LogP contribution in [-0.4, -0.2) is 65.8 Å². The standard InChI is InChI=1S/C23H30BrClFN5O/c1-3-7-23(8-4-9-30(23)2)13-32-22-28-20-16(10-17(25)18(24)19(20)26)21(29-22)31-11-14-5-6-15(12-31)27-14/h10,14-15,27H,3-9,11-13H2,1-2H3. The van der Waals surface area contributed by atoms with Gasteiger partial charge >= 0.3 is 6.01 Å². The lowest BCUT2D eigenvalue weighted by Gasteiger charge is -2.36. The lowest BCUT2D eigenvalue weighted by molar-refractivity contribution is 0.0828. The average molecular weight is 527 g/mol. The molecule has 3 atom stereocenters. The highest BCUT2D eigenvalue weighted by Crippen LogP contribution is 2.38. The van der Waals surface area contributed by atoms with E-state index in [9.17, 15) is 0 Å². The van der Waals surface area contributed by atoms with Crippen LogP contribution in [0.25, 0.3) is 10.9 Å². The summed E-state index contributed by atoms with van der Waals surface area (Å²) in [6.45, 7) is 5.44. The van der Waals surface area contributed by atoms with Crippen molar-refractivity contribution >= 4 is 44.3 Å². The van der Waals surface area contributed by atoms with Gasteiger partial charge in [0.05, 0.1) is 15.0 Å². The van der Waals surface area contributed by atoms with Crippen LogP contribution in [0.2, 0.25) is 5.02 Å². The number of nitrogens with one attached hydrogen (secondary N) is 1. The van der Waals surface area contributed by atoms with Gasteiger partial charge in [-0.3, -0.25) is 4.90 Å². The molecule has 1 N–H and O–H groups in total. The number of halogens is 3. The molecule has 5 rings (SSSR count). The molecular weight excluding hydrogens is 497 g/mol. The van der Waals surface area contributed by atoms with Crippen LogP contribution < -0.4 is 15.0 Å². The smallest absolute Gasteiger partial charge is 0.319 e. The third kappa shape index (κ3) is 3.97. The fourth-order valence-corrected chi connectivity index (χ4v) is 6.21. The number of aromatic nitrogens is 2. The Labute approximate surface area is 202 Å². The topological polar surface area (TPSA) is 53.5 Å². The molecule has 2 aromatic rings. The fraction of sp³-hybridized carbons (Fsp3) is 0.652. The van der Waals surface area contributed by atoms with Gasteiger partial charge in [-0.25, -0.2) is 4.39 Å². The molecule has 6 nitrogen and oxygen atoms in total. The van der Waals surface area contributed by atoms with Gasteiger partial charge in [-0.15, -0.1) is 0 Å². The summed E-state index contributed by atoms with van der Waals surface area (Å²) < 4.78 is 21.7. The van der Waals surface area contributed by atoms with Gasteiger partial charge in [0.1, 0.15) is 17.9 Å². The number of likely N-dealkylation sites (tertiary alicyclic amines) is 1. The molecule has 0 saturated carbocycles. The Morgan fingerprint density at radius 3 is 2.72 bits per heavy atom. The van der Waals surface area contributed by atoms with Crippen molar-refractivity contribution in [3.05, 3.63) is 21.4 Å². The van der Waals surface area contributed by atoms with E-state index in [-0.39, 0.29) is 21.5 Å². The van der Waals surface area contributed by atoms with Crippen molar-refractivity contribution in [2.45, 2.75) is 63.1 Å². The predicted octanol–water partition coefficient (Wildman–Crippen LogP) is 4.77. The maximum absolute atomic E-state index is 15.2. The molecule has 0 spiro atoms. The van der Waals surface area contributed by atoms with Crippen molar-refractivity contribution in [2.24, 2.45) is 0 Å². The van der Waals surface area contributed by atoms with E-state index in [1.54, 1.807) is 6.07 Å². The molecule has 3 aliphatic heterocycles. The Kier molecular flexibility index (Phi) is 6.24. The maximum atomic E-state index is 15.2. The minimum atomic E-state index is -0.472. The molecule has 0 aliphatic carbocycles. The molecule has 32 heavy (non-hydrogen) atoms. The Morgan fingerprint density at radius 2 is 2.06 bits per heavy atom. The zero-order valence-corrected chi connectivity index (χ0v) is 21.0. The first kappa shape index (κ1) is 22.6. The van der Waals surface area contributed by atoms with E-state index in [0.29, 0.717) is 34.9 Å². The second-order valence-electron chi connectivity index (χ2n) is 9.54. The Bertz CT molecular complexity index is 1010. The highest BCUT2D eigenvalue weighted by Gasteiger charge is 2.39. The van der Waals surface area contributed by atoms with E-state index in [2.05, 4.69) is 50.0 Å². The summed E-state index contributed by atoms with van der Waals surface area (Å²) >= 11 is 9.59. The van der Waals surface area contributed by atoms with Crippen LogP contribution in [0, 0.1) is 5.82 Å². The van der Waals surface area contributed by atoms with Crippen LogP contribution >= 0.6 is 27.5 Å². The Hall–Kier alpha value is -1.22.